The summed E-state index contributed by atoms with van der Waals surface area (Å²) in [7, 11) is 0. The van der Waals surface area contributed by atoms with E-state index in [1.165, 1.54) is 71.0 Å². The SMILES string of the molecule is CCCCN1CC(C(C)CC)NCC1C1CCCCC1. The third-order valence-corrected chi connectivity index (χ3v) is 5.81. The molecule has 2 nitrogen and oxygen atoms in total. The van der Waals surface area contributed by atoms with Crippen LogP contribution < -0.4 is 5.32 Å². The van der Waals surface area contributed by atoms with Crippen molar-refractivity contribution in [2.45, 2.75) is 84.2 Å². The van der Waals surface area contributed by atoms with E-state index < -0.39 is 0 Å². The Hall–Kier alpha value is -0.0800. The second-order valence-electron chi connectivity index (χ2n) is 7.21. The molecule has 0 aromatic rings. The second-order valence-corrected chi connectivity index (χ2v) is 7.21. The van der Waals surface area contributed by atoms with Gasteiger partial charge in [-0.25, -0.2) is 0 Å². The van der Waals surface area contributed by atoms with E-state index in [9.17, 15) is 0 Å². The Bertz CT molecular complexity index is 260. The lowest BCUT2D eigenvalue weighted by Gasteiger charge is -2.46. The molecule has 1 aliphatic heterocycles. The summed E-state index contributed by atoms with van der Waals surface area (Å²) >= 11 is 0. The molecule has 1 N–H and O–H groups in total. The summed E-state index contributed by atoms with van der Waals surface area (Å²) in [6, 6.07) is 1.54. The predicted octanol–water partition coefficient (Wildman–Crippen LogP) is 4.06. The van der Waals surface area contributed by atoms with Crippen molar-refractivity contribution in [3.05, 3.63) is 0 Å². The van der Waals surface area contributed by atoms with Crippen LogP contribution in [0.3, 0.4) is 0 Å². The highest BCUT2D eigenvalue weighted by molar-refractivity contribution is 4.92. The van der Waals surface area contributed by atoms with E-state index in [0.717, 1.165) is 23.9 Å². The van der Waals surface area contributed by atoms with E-state index in [0.29, 0.717) is 0 Å². The standard InChI is InChI=1S/C18H36N2/c1-4-6-12-20-14-17(15(3)5-2)19-13-18(20)16-10-8-7-9-11-16/h15-19H,4-14H2,1-3H3. The lowest BCUT2D eigenvalue weighted by atomic mass is 9.81. The molecule has 2 heteroatoms. The molecule has 1 aliphatic carbocycles. The van der Waals surface area contributed by atoms with E-state index in [2.05, 4.69) is 31.0 Å². The number of nitrogens with one attached hydrogen (secondary N) is 1. The van der Waals surface area contributed by atoms with Crippen molar-refractivity contribution in [2.24, 2.45) is 11.8 Å². The first-order valence-corrected chi connectivity index (χ1v) is 9.23. The monoisotopic (exact) mass is 280 g/mol. The molecular formula is C18H36N2. The third-order valence-electron chi connectivity index (χ3n) is 5.81. The van der Waals surface area contributed by atoms with Crippen LogP contribution in [-0.4, -0.2) is 36.6 Å². The lowest BCUT2D eigenvalue weighted by Crippen LogP contribution is -2.60. The highest BCUT2D eigenvalue weighted by atomic mass is 15.2. The number of rotatable bonds is 6. The molecule has 1 saturated heterocycles. The van der Waals surface area contributed by atoms with Crippen LogP contribution in [0.1, 0.15) is 72.1 Å². The molecule has 0 aromatic heterocycles. The highest BCUT2D eigenvalue weighted by Crippen LogP contribution is 2.31. The van der Waals surface area contributed by atoms with Gasteiger partial charge >= 0.3 is 0 Å². The first-order chi connectivity index (χ1) is 9.76. The van der Waals surface area contributed by atoms with Crippen LogP contribution in [0.5, 0.6) is 0 Å². The van der Waals surface area contributed by atoms with Crippen LogP contribution >= 0.6 is 0 Å². The van der Waals surface area contributed by atoms with Crippen LogP contribution in [0, 0.1) is 11.8 Å². The average molecular weight is 280 g/mol. The van der Waals surface area contributed by atoms with E-state index in [4.69, 9.17) is 0 Å². The molecular weight excluding hydrogens is 244 g/mol. The van der Waals surface area contributed by atoms with Gasteiger partial charge < -0.3 is 5.32 Å². The highest BCUT2D eigenvalue weighted by Gasteiger charge is 2.34. The molecule has 2 rings (SSSR count). The zero-order chi connectivity index (χ0) is 14.4. The van der Waals surface area contributed by atoms with E-state index in [-0.39, 0.29) is 0 Å². The molecule has 1 heterocycles. The minimum Gasteiger partial charge on any atom is -0.311 e. The van der Waals surface area contributed by atoms with Crippen molar-refractivity contribution >= 4 is 0 Å². The first kappa shape index (κ1) is 16.3. The van der Waals surface area contributed by atoms with Gasteiger partial charge in [0.15, 0.2) is 0 Å². The summed E-state index contributed by atoms with van der Waals surface area (Å²) in [6.45, 7) is 10.9. The summed E-state index contributed by atoms with van der Waals surface area (Å²) < 4.78 is 0. The van der Waals surface area contributed by atoms with E-state index >= 15 is 0 Å². The fraction of sp³-hybridized carbons (Fsp3) is 1.00. The minimum atomic E-state index is 0.719. The predicted molar refractivity (Wildman–Crippen MR) is 88.1 cm³/mol. The summed E-state index contributed by atoms with van der Waals surface area (Å²) in [5.74, 6) is 1.78. The summed E-state index contributed by atoms with van der Waals surface area (Å²) in [5, 5.41) is 3.88. The zero-order valence-corrected chi connectivity index (χ0v) is 14.0. The van der Waals surface area contributed by atoms with E-state index in [1.54, 1.807) is 0 Å². The van der Waals surface area contributed by atoms with Gasteiger partial charge in [-0.1, -0.05) is 52.9 Å². The molecule has 20 heavy (non-hydrogen) atoms. The van der Waals surface area contributed by atoms with Crippen molar-refractivity contribution < 1.29 is 0 Å². The van der Waals surface area contributed by atoms with Crippen LogP contribution in [0.15, 0.2) is 0 Å². The van der Waals surface area contributed by atoms with Crippen molar-refractivity contribution in [1.29, 1.82) is 0 Å². The maximum absolute atomic E-state index is 3.88. The van der Waals surface area contributed by atoms with Gasteiger partial charge in [-0.05, 0) is 37.6 Å². The maximum Gasteiger partial charge on any atom is 0.0249 e. The van der Waals surface area contributed by atoms with Crippen molar-refractivity contribution in [1.82, 2.24) is 10.2 Å². The normalized spacial score (nSPS) is 31.4. The molecule has 0 bridgehead atoms. The molecule has 0 radical (unpaired) electrons. The molecule has 0 spiro atoms. The Morgan fingerprint density at radius 3 is 2.55 bits per heavy atom. The average Bonchev–Trinajstić information content (AvgIpc) is 2.52. The van der Waals surface area contributed by atoms with Gasteiger partial charge in [0.1, 0.15) is 0 Å². The summed E-state index contributed by atoms with van der Waals surface area (Å²) in [4.78, 5) is 2.85. The van der Waals surface area contributed by atoms with Gasteiger partial charge in [0, 0.05) is 25.2 Å². The molecule has 3 atom stereocenters. The van der Waals surface area contributed by atoms with Crippen LogP contribution in [0.25, 0.3) is 0 Å². The van der Waals surface area contributed by atoms with Crippen LogP contribution in [0.2, 0.25) is 0 Å². The second kappa shape index (κ2) is 8.38. The Morgan fingerprint density at radius 1 is 1.15 bits per heavy atom. The topological polar surface area (TPSA) is 15.3 Å². The van der Waals surface area contributed by atoms with Gasteiger partial charge in [-0.15, -0.1) is 0 Å². The number of nitrogens with zero attached hydrogens (tertiary/aromatic N) is 1. The molecule has 2 aliphatic rings. The maximum atomic E-state index is 3.88. The summed E-state index contributed by atoms with van der Waals surface area (Å²) in [5.41, 5.74) is 0. The molecule has 0 amide bonds. The number of hydrogen-bond donors (Lipinski definition) is 1. The van der Waals surface area contributed by atoms with Gasteiger partial charge in [-0.2, -0.15) is 0 Å². The van der Waals surface area contributed by atoms with Crippen LogP contribution in [0.4, 0.5) is 0 Å². The Labute approximate surface area is 126 Å². The molecule has 118 valence electrons. The molecule has 0 aromatic carbocycles. The Kier molecular flexibility index (Phi) is 6.83. The van der Waals surface area contributed by atoms with Crippen molar-refractivity contribution in [2.75, 3.05) is 19.6 Å². The van der Waals surface area contributed by atoms with Crippen LogP contribution in [-0.2, 0) is 0 Å². The van der Waals surface area contributed by atoms with Crippen molar-refractivity contribution in [3.63, 3.8) is 0 Å². The molecule has 1 saturated carbocycles. The largest absolute Gasteiger partial charge is 0.311 e. The fourth-order valence-corrected chi connectivity index (χ4v) is 4.12. The number of unbranched alkanes of at least 4 members (excludes halogenated alkanes) is 1. The lowest BCUT2D eigenvalue weighted by molar-refractivity contribution is 0.0580. The third kappa shape index (κ3) is 4.21. The van der Waals surface area contributed by atoms with Gasteiger partial charge in [0.05, 0.1) is 0 Å². The Morgan fingerprint density at radius 2 is 1.90 bits per heavy atom. The smallest absolute Gasteiger partial charge is 0.0249 e. The van der Waals surface area contributed by atoms with Crippen molar-refractivity contribution in [3.8, 4) is 0 Å². The summed E-state index contributed by atoms with van der Waals surface area (Å²) in [6.07, 6.45) is 11.4. The molecule has 2 fully saturated rings. The quantitative estimate of drug-likeness (QED) is 0.789. The zero-order valence-electron chi connectivity index (χ0n) is 14.0. The number of hydrogen-bond acceptors (Lipinski definition) is 2. The van der Waals surface area contributed by atoms with Gasteiger partial charge in [0.25, 0.3) is 0 Å². The first-order valence-electron chi connectivity index (χ1n) is 9.23. The minimum absolute atomic E-state index is 0.719. The van der Waals surface area contributed by atoms with Gasteiger partial charge in [0.2, 0.25) is 0 Å². The van der Waals surface area contributed by atoms with Gasteiger partial charge in [-0.3, -0.25) is 4.90 Å². The number of piperazine rings is 1. The van der Waals surface area contributed by atoms with E-state index in [1.807, 2.05) is 0 Å². The fourth-order valence-electron chi connectivity index (χ4n) is 4.12. The Balaban J connectivity index is 1.95. The molecule has 3 unspecified atom stereocenters.